The molecule has 0 saturated heterocycles. The molecule has 5 nitrogen and oxygen atoms in total. The first-order valence-corrected chi connectivity index (χ1v) is 7.87. The van der Waals surface area contributed by atoms with E-state index in [-0.39, 0.29) is 5.56 Å². The van der Waals surface area contributed by atoms with Gasteiger partial charge in [-0.25, -0.2) is 4.79 Å². The van der Waals surface area contributed by atoms with Crippen molar-refractivity contribution in [3.63, 3.8) is 0 Å². The second-order valence-electron chi connectivity index (χ2n) is 4.69. The Hall–Kier alpha value is -1.55. The molecule has 1 N–H and O–H groups in total. The Balaban J connectivity index is 3.01. The van der Waals surface area contributed by atoms with E-state index in [4.69, 9.17) is 4.55 Å². The molecule has 1 aromatic rings. The van der Waals surface area contributed by atoms with E-state index in [0.29, 0.717) is 11.9 Å². The molecule has 122 valence electrons. The maximum absolute atomic E-state index is 12.7. The van der Waals surface area contributed by atoms with Crippen molar-refractivity contribution < 1.29 is 35.7 Å². The quantitative estimate of drug-likeness (QED) is 0.494. The van der Waals surface area contributed by atoms with Crippen LogP contribution >= 0.6 is 0 Å². The van der Waals surface area contributed by atoms with Crippen LogP contribution in [0.5, 0.6) is 0 Å². The standard InChI is InChI=1S/C12H14BF3O5S/c1-7-4-8(5-13)2-3-9(7)11(17)21-10(12(14,15)16)6-22(18,19)20/h2-4,10H,5-6,13H2,1H3,(H,18,19,20). The van der Waals surface area contributed by atoms with Gasteiger partial charge >= 0.3 is 12.1 Å². The van der Waals surface area contributed by atoms with Crippen LogP contribution < -0.4 is 0 Å². The first-order valence-electron chi connectivity index (χ1n) is 6.26. The molecular formula is C12H14BF3O5S. The maximum atomic E-state index is 12.7. The van der Waals surface area contributed by atoms with Gasteiger partial charge in [0.25, 0.3) is 10.1 Å². The lowest BCUT2D eigenvalue weighted by Gasteiger charge is -2.20. The van der Waals surface area contributed by atoms with Crippen molar-refractivity contribution in [3.05, 3.63) is 34.9 Å². The molecule has 0 aliphatic rings. The number of alkyl halides is 3. The zero-order chi connectivity index (χ0) is 17.1. The number of aryl methyl sites for hydroxylation is 1. The predicted molar refractivity (Wildman–Crippen MR) is 75.1 cm³/mol. The summed E-state index contributed by atoms with van der Waals surface area (Å²) in [5.74, 6) is -3.04. The van der Waals surface area contributed by atoms with E-state index in [9.17, 15) is 26.4 Å². The van der Waals surface area contributed by atoms with Gasteiger partial charge in [-0.15, -0.1) is 0 Å². The van der Waals surface area contributed by atoms with Crippen LogP contribution in [-0.2, 0) is 21.2 Å². The van der Waals surface area contributed by atoms with Gasteiger partial charge in [0.15, 0.2) is 0 Å². The second kappa shape index (κ2) is 6.70. The number of carbonyl (C=O) groups is 1. The number of carbonyl (C=O) groups excluding carboxylic acids is 1. The minimum Gasteiger partial charge on any atom is -0.448 e. The van der Waals surface area contributed by atoms with Crippen molar-refractivity contribution >= 4 is 23.9 Å². The number of esters is 1. The first-order chi connectivity index (χ1) is 9.94. The summed E-state index contributed by atoms with van der Waals surface area (Å²) in [5.41, 5.74) is 1.21. The summed E-state index contributed by atoms with van der Waals surface area (Å²) in [7, 11) is -3.08. The smallest absolute Gasteiger partial charge is 0.426 e. The molecule has 0 saturated carbocycles. The molecule has 22 heavy (non-hydrogen) atoms. The molecule has 0 amide bonds. The Kier molecular flexibility index (Phi) is 5.63. The van der Waals surface area contributed by atoms with E-state index >= 15 is 0 Å². The molecule has 1 atom stereocenters. The minimum absolute atomic E-state index is 0.0956. The summed E-state index contributed by atoms with van der Waals surface area (Å²) in [6, 6.07) is 4.51. The average Bonchev–Trinajstić information content (AvgIpc) is 2.34. The number of hydrogen-bond acceptors (Lipinski definition) is 4. The van der Waals surface area contributed by atoms with Gasteiger partial charge in [-0.1, -0.05) is 24.0 Å². The Bertz CT molecular complexity index is 657. The van der Waals surface area contributed by atoms with Crippen molar-refractivity contribution in [3.8, 4) is 0 Å². The number of halogens is 3. The highest BCUT2D eigenvalue weighted by molar-refractivity contribution is 7.85. The second-order valence-corrected chi connectivity index (χ2v) is 6.18. The highest BCUT2D eigenvalue weighted by Crippen LogP contribution is 2.25. The van der Waals surface area contributed by atoms with E-state index in [1.807, 2.05) is 7.85 Å². The monoisotopic (exact) mass is 338 g/mol. The van der Waals surface area contributed by atoms with Crippen LogP contribution in [0.3, 0.4) is 0 Å². The fourth-order valence-corrected chi connectivity index (χ4v) is 2.39. The van der Waals surface area contributed by atoms with Gasteiger partial charge in [0.1, 0.15) is 13.6 Å². The predicted octanol–water partition coefficient (Wildman–Crippen LogP) is 1.10. The SMILES string of the molecule is BCc1ccc(C(=O)OC(CS(=O)(=O)O)C(F)(F)F)c(C)c1. The van der Waals surface area contributed by atoms with Gasteiger partial charge in [-0.2, -0.15) is 21.6 Å². The number of rotatable bonds is 5. The number of hydrogen-bond donors (Lipinski definition) is 1. The Labute approximate surface area is 126 Å². The van der Waals surface area contributed by atoms with E-state index in [1.54, 1.807) is 12.1 Å². The molecule has 0 radical (unpaired) electrons. The highest BCUT2D eigenvalue weighted by Gasteiger charge is 2.45. The van der Waals surface area contributed by atoms with E-state index in [1.165, 1.54) is 13.0 Å². The summed E-state index contributed by atoms with van der Waals surface area (Å²) < 4.78 is 72.1. The summed E-state index contributed by atoms with van der Waals surface area (Å²) in [5, 5.41) is 0. The minimum atomic E-state index is -5.11. The lowest BCUT2D eigenvalue weighted by atomic mass is 9.94. The van der Waals surface area contributed by atoms with Crippen molar-refractivity contribution in [2.75, 3.05) is 5.75 Å². The molecule has 0 aromatic heterocycles. The third-order valence-corrected chi connectivity index (χ3v) is 3.62. The summed E-state index contributed by atoms with van der Waals surface area (Å²) >= 11 is 0. The molecule has 1 aromatic carbocycles. The van der Waals surface area contributed by atoms with Crippen LogP contribution in [0.25, 0.3) is 0 Å². The molecule has 0 fully saturated rings. The fraction of sp³-hybridized carbons (Fsp3) is 0.417. The van der Waals surface area contributed by atoms with E-state index in [2.05, 4.69) is 4.74 Å². The molecule has 0 heterocycles. The Morgan fingerprint density at radius 2 is 2.00 bits per heavy atom. The molecule has 0 bridgehead atoms. The lowest BCUT2D eigenvalue weighted by molar-refractivity contribution is -0.197. The largest absolute Gasteiger partial charge is 0.448 e. The molecule has 10 heteroatoms. The summed E-state index contributed by atoms with van der Waals surface area (Å²) in [4.78, 5) is 11.8. The fourth-order valence-electron chi connectivity index (χ4n) is 1.75. The van der Waals surface area contributed by atoms with Gasteiger partial charge in [0.2, 0.25) is 6.10 Å². The molecule has 1 rings (SSSR count). The van der Waals surface area contributed by atoms with Crippen molar-refractivity contribution in [2.24, 2.45) is 0 Å². The van der Waals surface area contributed by atoms with Crippen molar-refractivity contribution in [1.29, 1.82) is 0 Å². The third-order valence-electron chi connectivity index (χ3n) is 2.90. The zero-order valence-electron chi connectivity index (χ0n) is 11.8. The number of ether oxygens (including phenoxy) is 1. The molecular weight excluding hydrogens is 324 g/mol. The summed E-state index contributed by atoms with van der Waals surface area (Å²) in [6.07, 6.45) is -7.35. The van der Waals surface area contributed by atoms with Crippen LogP contribution in [-0.4, -0.2) is 44.8 Å². The third kappa shape index (κ3) is 5.34. The first kappa shape index (κ1) is 18.5. The van der Waals surface area contributed by atoms with Crippen molar-refractivity contribution in [2.45, 2.75) is 25.5 Å². The number of benzene rings is 1. The van der Waals surface area contributed by atoms with Crippen LogP contribution in [0.1, 0.15) is 21.5 Å². The molecule has 0 aliphatic heterocycles. The van der Waals surface area contributed by atoms with Gasteiger partial charge < -0.3 is 4.74 Å². The normalized spacial score (nSPS) is 13.7. The van der Waals surface area contributed by atoms with E-state index < -0.39 is 34.1 Å². The maximum Gasteiger partial charge on any atom is 0.426 e. The lowest BCUT2D eigenvalue weighted by Crippen LogP contribution is -2.39. The average molecular weight is 338 g/mol. The van der Waals surface area contributed by atoms with Crippen LogP contribution in [0.15, 0.2) is 18.2 Å². The summed E-state index contributed by atoms with van der Waals surface area (Å²) in [6.45, 7) is 1.53. The van der Waals surface area contributed by atoms with Crippen LogP contribution in [0, 0.1) is 6.92 Å². The Morgan fingerprint density at radius 3 is 2.41 bits per heavy atom. The van der Waals surface area contributed by atoms with Crippen LogP contribution in [0.4, 0.5) is 13.2 Å². The van der Waals surface area contributed by atoms with Gasteiger partial charge in [0.05, 0.1) is 5.56 Å². The van der Waals surface area contributed by atoms with Gasteiger partial charge in [0, 0.05) is 0 Å². The van der Waals surface area contributed by atoms with Crippen molar-refractivity contribution in [1.82, 2.24) is 0 Å². The molecule has 0 spiro atoms. The Morgan fingerprint density at radius 1 is 1.41 bits per heavy atom. The zero-order valence-corrected chi connectivity index (χ0v) is 12.7. The topological polar surface area (TPSA) is 80.7 Å². The molecule has 0 aliphatic carbocycles. The van der Waals surface area contributed by atoms with Gasteiger partial charge in [-0.05, 0) is 18.6 Å². The van der Waals surface area contributed by atoms with E-state index in [0.717, 1.165) is 5.56 Å². The van der Waals surface area contributed by atoms with Crippen LogP contribution in [0.2, 0.25) is 0 Å². The highest BCUT2D eigenvalue weighted by atomic mass is 32.2. The van der Waals surface area contributed by atoms with Gasteiger partial charge in [-0.3, -0.25) is 4.55 Å². The molecule has 1 unspecified atom stereocenters.